The number of aliphatic carboxylic acids is 1. The summed E-state index contributed by atoms with van der Waals surface area (Å²) < 4.78 is 6.92. The van der Waals surface area contributed by atoms with Crippen molar-refractivity contribution in [1.82, 2.24) is 5.32 Å². The van der Waals surface area contributed by atoms with Crippen molar-refractivity contribution >= 4 is 43.7 Å². The molecule has 3 aromatic carbocycles. The van der Waals surface area contributed by atoms with E-state index in [-0.39, 0.29) is 30.1 Å². The molecule has 0 heterocycles. The lowest BCUT2D eigenvalue weighted by Crippen LogP contribution is -2.30. The Morgan fingerprint density at radius 3 is 2.25 bits per heavy atom. The summed E-state index contributed by atoms with van der Waals surface area (Å²) in [5.41, 5.74) is 1.28. The van der Waals surface area contributed by atoms with Gasteiger partial charge in [-0.2, -0.15) is 0 Å². The number of hydrogen-bond donors (Lipinski definition) is 4. The third-order valence-corrected chi connectivity index (χ3v) is 5.71. The number of halogens is 2. The number of aliphatic hydroxyl groups is 1. The van der Waals surface area contributed by atoms with Crippen LogP contribution in [0, 0.1) is 0 Å². The van der Waals surface area contributed by atoms with Crippen LogP contribution in [0.4, 0.5) is 0 Å². The van der Waals surface area contributed by atoms with Gasteiger partial charge in [-0.15, -0.1) is 0 Å². The summed E-state index contributed by atoms with van der Waals surface area (Å²) in [5, 5.41) is 31.6. The second-order valence-corrected chi connectivity index (χ2v) is 8.57. The first-order valence-corrected chi connectivity index (χ1v) is 11.0. The number of phenolic OH excluding ortho intramolecular Hbond substituents is 1. The monoisotopic (exact) mass is 563 g/mol. The van der Waals surface area contributed by atoms with Crippen molar-refractivity contribution in [2.45, 2.75) is 12.5 Å². The zero-order valence-corrected chi connectivity index (χ0v) is 19.8. The number of amides is 1. The number of benzene rings is 3. The Bertz CT molecular complexity index is 1110. The highest BCUT2D eigenvalue weighted by atomic mass is 79.9. The third kappa shape index (κ3) is 5.87. The van der Waals surface area contributed by atoms with Crippen molar-refractivity contribution in [2.24, 2.45) is 0 Å². The van der Waals surface area contributed by atoms with Gasteiger partial charge in [0.25, 0.3) is 5.91 Å². The molecule has 0 fully saturated rings. The van der Waals surface area contributed by atoms with Crippen molar-refractivity contribution in [2.75, 3.05) is 6.61 Å². The molecule has 0 unspecified atom stereocenters. The number of ether oxygens (including phenoxy) is 1. The van der Waals surface area contributed by atoms with Crippen LogP contribution in [0.15, 0.2) is 69.6 Å². The molecule has 0 aliphatic heterocycles. The van der Waals surface area contributed by atoms with Gasteiger partial charge >= 0.3 is 5.97 Å². The quantitative estimate of drug-likeness (QED) is 0.312. The molecule has 0 aromatic heterocycles. The summed E-state index contributed by atoms with van der Waals surface area (Å²) in [7, 11) is 0. The Balaban J connectivity index is 1.83. The second kappa shape index (κ2) is 10.6. The van der Waals surface area contributed by atoms with E-state index in [2.05, 4.69) is 37.2 Å². The lowest BCUT2D eigenvalue weighted by atomic mass is 10.1. The van der Waals surface area contributed by atoms with Crippen LogP contribution in [0.1, 0.15) is 27.5 Å². The van der Waals surface area contributed by atoms with E-state index in [0.717, 1.165) is 5.56 Å². The summed E-state index contributed by atoms with van der Waals surface area (Å²) in [6.45, 7) is -0.310. The highest BCUT2D eigenvalue weighted by molar-refractivity contribution is 9.11. The molecule has 0 bridgehead atoms. The zero-order valence-electron chi connectivity index (χ0n) is 16.6. The molecule has 3 rings (SSSR count). The maximum Gasteiger partial charge on any atom is 0.307 e. The molecular weight excluding hydrogens is 546 g/mol. The average Bonchev–Trinajstić information content (AvgIpc) is 2.75. The van der Waals surface area contributed by atoms with Gasteiger partial charge in [0.2, 0.25) is 0 Å². The largest absolute Gasteiger partial charge is 0.507 e. The molecule has 4 N–H and O–H groups in total. The minimum Gasteiger partial charge on any atom is -0.507 e. The number of aliphatic hydroxyl groups excluding tert-OH is 1. The zero-order chi connectivity index (χ0) is 23.3. The summed E-state index contributed by atoms with van der Waals surface area (Å²) in [6.07, 6.45) is -0.144. The molecule has 0 spiro atoms. The van der Waals surface area contributed by atoms with Gasteiger partial charge in [0.1, 0.15) is 11.5 Å². The smallest absolute Gasteiger partial charge is 0.307 e. The molecule has 166 valence electrons. The van der Waals surface area contributed by atoms with Crippen LogP contribution >= 0.6 is 31.9 Å². The van der Waals surface area contributed by atoms with E-state index < -0.39 is 17.9 Å². The molecule has 3 aromatic rings. The van der Waals surface area contributed by atoms with Crippen LogP contribution in [-0.2, 0) is 11.2 Å². The summed E-state index contributed by atoms with van der Waals surface area (Å²) >= 11 is 6.74. The lowest BCUT2D eigenvalue weighted by Gasteiger charge is -2.18. The van der Waals surface area contributed by atoms with Gasteiger partial charge in [-0.1, -0.05) is 30.3 Å². The van der Waals surface area contributed by atoms with E-state index in [1.165, 1.54) is 18.2 Å². The first kappa shape index (κ1) is 23.8. The molecule has 0 aliphatic rings. The first-order valence-electron chi connectivity index (χ1n) is 9.45. The number of nitrogens with one attached hydrogen (secondary N) is 1. The molecule has 1 amide bonds. The Kier molecular flexibility index (Phi) is 7.89. The van der Waals surface area contributed by atoms with Crippen LogP contribution in [-0.4, -0.2) is 33.8 Å². The maximum absolute atomic E-state index is 12.8. The molecule has 0 aliphatic carbocycles. The van der Waals surface area contributed by atoms with Crippen molar-refractivity contribution in [3.05, 3.63) is 86.3 Å². The number of carbonyl (C=O) groups is 2. The van der Waals surface area contributed by atoms with E-state index in [0.29, 0.717) is 20.3 Å². The number of hydrogen-bond acceptors (Lipinski definition) is 5. The Morgan fingerprint density at radius 2 is 1.66 bits per heavy atom. The summed E-state index contributed by atoms with van der Waals surface area (Å²) in [4.78, 5) is 23.7. The van der Waals surface area contributed by atoms with Crippen molar-refractivity contribution in [3.8, 4) is 17.2 Å². The SMILES string of the molecule is O=C(O)Cc1cc(Br)c(Oc2ccc(O)c(C(=O)N[C@@H](CO)c3ccccc3)c2)c(Br)c1. The van der Waals surface area contributed by atoms with Crippen LogP contribution in [0.5, 0.6) is 17.2 Å². The fraction of sp³-hybridized carbons (Fsp3) is 0.130. The first-order chi connectivity index (χ1) is 15.3. The minimum atomic E-state index is -0.955. The fourth-order valence-corrected chi connectivity index (χ4v) is 4.46. The van der Waals surface area contributed by atoms with Crippen LogP contribution in [0.2, 0.25) is 0 Å². The van der Waals surface area contributed by atoms with Gasteiger partial charge in [0.05, 0.1) is 33.6 Å². The normalized spacial score (nSPS) is 11.6. The predicted molar refractivity (Wildman–Crippen MR) is 125 cm³/mol. The average molecular weight is 565 g/mol. The number of phenols is 1. The molecule has 7 nitrogen and oxygen atoms in total. The standard InChI is InChI=1S/C23H19Br2NO6/c24-17-8-13(10-21(29)30)9-18(25)22(17)32-15-6-7-20(28)16(11-15)23(31)26-19(12-27)14-4-2-1-3-5-14/h1-9,11,19,27-28H,10,12H2,(H,26,31)(H,29,30)/t19-/m0/s1. The third-order valence-electron chi connectivity index (χ3n) is 4.54. The number of carbonyl (C=O) groups excluding carboxylic acids is 1. The van der Waals surface area contributed by atoms with Gasteiger partial charge in [0.15, 0.2) is 5.75 Å². The second-order valence-electron chi connectivity index (χ2n) is 6.86. The number of aromatic hydroxyl groups is 1. The van der Waals surface area contributed by atoms with Crippen LogP contribution in [0.3, 0.4) is 0 Å². The van der Waals surface area contributed by atoms with Crippen LogP contribution in [0.25, 0.3) is 0 Å². The number of carboxylic acid groups (broad SMARTS) is 1. The van der Waals surface area contributed by atoms with Crippen molar-refractivity contribution in [1.29, 1.82) is 0 Å². The van der Waals surface area contributed by atoms with Gasteiger partial charge < -0.3 is 25.4 Å². The maximum atomic E-state index is 12.8. The van der Waals surface area contributed by atoms with Crippen molar-refractivity contribution < 1.29 is 29.6 Å². The van der Waals surface area contributed by atoms with Gasteiger partial charge in [-0.25, -0.2) is 0 Å². The summed E-state index contributed by atoms with van der Waals surface area (Å²) in [5.74, 6) is -1.11. The number of carboxylic acids is 1. The van der Waals surface area contributed by atoms with E-state index in [9.17, 15) is 19.8 Å². The van der Waals surface area contributed by atoms with E-state index in [4.69, 9.17) is 9.84 Å². The van der Waals surface area contributed by atoms with E-state index in [1.807, 2.05) is 6.07 Å². The Labute approximate surface area is 200 Å². The molecule has 9 heteroatoms. The lowest BCUT2D eigenvalue weighted by molar-refractivity contribution is -0.136. The fourth-order valence-electron chi connectivity index (χ4n) is 3.02. The van der Waals surface area contributed by atoms with Crippen molar-refractivity contribution in [3.63, 3.8) is 0 Å². The van der Waals surface area contributed by atoms with E-state index >= 15 is 0 Å². The molecule has 0 radical (unpaired) electrons. The van der Waals surface area contributed by atoms with Gasteiger partial charge in [-0.3, -0.25) is 9.59 Å². The van der Waals surface area contributed by atoms with E-state index in [1.54, 1.807) is 36.4 Å². The Hall–Kier alpha value is -2.88. The van der Waals surface area contributed by atoms with Gasteiger partial charge in [0, 0.05) is 0 Å². The minimum absolute atomic E-state index is 0.0216. The number of rotatable bonds is 8. The molecular formula is C23H19Br2NO6. The highest BCUT2D eigenvalue weighted by Gasteiger charge is 2.19. The topological polar surface area (TPSA) is 116 Å². The van der Waals surface area contributed by atoms with Crippen LogP contribution < -0.4 is 10.1 Å². The highest BCUT2D eigenvalue weighted by Crippen LogP contribution is 2.39. The predicted octanol–water partition coefficient (Wildman–Crippen LogP) is 4.80. The summed E-state index contributed by atoms with van der Waals surface area (Å²) in [6, 6.07) is 15.8. The van der Waals surface area contributed by atoms with Gasteiger partial charge in [-0.05, 0) is 73.3 Å². The molecule has 0 saturated carbocycles. The molecule has 1 atom stereocenters. The Morgan fingerprint density at radius 1 is 1.00 bits per heavy atom. The molecule has 0 saturated heterocycles. The molecule has 32 heavy (non-hydrogen) atoms.